The number of amides is 1. The number of benzene rings is 1. The van der Waals surface area contributed by atoms with Crippen LogP contribution in [0.3, 0.4) is 0 Å². The summed E-state index contributed by atoms with van der Waals surface area (Å²) in [7, 11) is 5.56. The maximum atomic E-state index is 12.8. The van der Waals surface area contributed by atoms with Gasteiger partial charge in [-0.15, -0.1) is 28.1 Å². The molecule has 0 saturated heterocycles. The predicted molar refractivity (Wildman–Crippen MR) is 140 cm³/mol. The number of aromatic nitrogens is 3. The van der Waals surface area contributed by atoms with Crippen molar-refractivity contribution in [2.75, 3.05) is 39.5 Å². The van der Waals surface area contributed by atoms with Crippen molar-refractivity contribution in [2.45, 2.75) is 18.6 Å². The molecule has 1 aromatic carbocycles. The zero-order valence-corrected chi connectivity index (χ0v) is 22.6. The third-order valence-electron chi connectivity index (χ3n) is 5.16. The summed E-state index contributed by atoms with van der Waals surface area (Å²) in [5.74, 6) is -0.0350. The third-order valence-corrected chi connectivity index (χ3v) is 7.32. The van der Waals surface area contributed by atoms with E-state index in [1.807, 2.05) is 10.6 Å². The molecule has 196 valence electrons. The van der Waals surface area contributed by atoms with E-state index in [4.69, 9.17) is 18.9 Å². The van der Waals surface area contributed by atoms with Crippen molar-refractivity contribution in [2.24, 2.45) is 0 Å². The highest BCUT2D eigenvalue weighted by molar-refractivity contribution is 7.99. The number of anilines is 1. The van der Waals surface area contributed by atoms with Gasteiger partial charge >= 0.3 is 11.9 Å². The molecule has 1 N–H and O–H groups in total. The molecule has 2 aromatic heterocycles. The van der Waals surface area contributed by atoms with Crippen LogP contribution in [0.15, 0.2) is 36.0 Å². The first-order valence-corrected chi connectivity index (χ1v) is 12.6. The van der Waals surface area contributed by atoms with Crippen LogP contribution in [0.25, 0.3) is 11.4 Å². The smallest absolute Gasteiger partial charge is 0.348 e. The zero-order valence-electron chi connectivity index (χ0n) is 20.9. The minimum absolute atomic E-state index is 0.0354. The summed E-state index contributed by atoms with van der Waals surface area (Å²) in [4.78, 5) is 37.4. The monoisotopic (exact) mass is 546 g/mol. The molecule has 0 saturated carbocycles. The maximum Gasteiger partial charge on any atom is 0.348 e. The number of thiophene rings is 1. The first-order valence-electron chi connectivity index (χ1n) is 10.8. The van der Waals surface area contributed by atoms with Gasteiger partial charge in [0.05, 0.1) is 39.8 Å². The molecule has 0 unspecified atom stereocenters. The molecule has 37 heavy (non-hydrogen) atoms. The van der Waals surface area contributed by atoms with Gasteiger partial charge in [0.25, 0.3) is 0 Å². The molecule has 13 heteroatoms. The minimum atomic E-state index is -0.669. The number of methoxy groups -OCH3 is 4. The van der Waals surface area contributed by atoms with E-state index >= 15 is 0 Å². The molecule has 0 atom stereocenters. The molecule has 0 fully saturated rings. The highest BCUT2D eigenvalue weighted by Gasteiger charge is 2.27. The molecule has 0 bridgehead atoms. The molecule has 0 aliphatic heterocycles. The Kier molecular flexibility index (Phi) is 9.31. The van der Waals surface area contributed by atoms with Crippen LogP contribution in [0.1, 0.15) is 25.6 Å². The van der Waals surface area contributed by atoms with E-state index in [0.29, 0.717) is 34.6 Å². The molecule has 0 radical (unpaired) electrons. The third kappa shape index (κ3) is 5.94. The van der Waals surface area contributed by atoms with Crippen molar-refractivity contribution in [3.8, 4) is 22.9 Å². The number of nitrogens with zero attached hydrogens (tertiary/aromatic N) is 3. The molecule has 3 rings (SSSR count). The van der Waals surface area contributed by atoms with Crippen LogP contribution in [0, 0.1) is 6.92 Å². The topological polar surface area (TPSA) is 131 Å². The predicted octanol–water partition coefficient (Wildman–Crippen LogP) is 3.82. The standard InChI is InChI=1S/C24H26N4O7S2/c1-7-10-28-20(14-8-9-15(32-3)16(11-14)33-4)26-27-24(28)36-12-17(29)25-21-18(22(30)34-5)13(2)19(37-21)23(31)35-6/h7-9,11H,1,10,12H2,2-6H3,(H,25,29). The Hall–Kier alpha value is -3.84. The molecular formula is C24H26N4O7S2. The molecular weight excluding hydrogens is 520 g/mol. The van der Waals surface area contributed by atoms with Gasteiger partial charge in [-0.2, -0.15) is 0 Å². The van der Waals surface area contributed by atoms with Gasteiger partial charge in [0.2, 0.25) is 5.91 Å². The van der Waals surface area contributed by atoms with Gasteiger partial charge in [0.1, 0.15) is 9.88 Å². The average molecular weight is 547 g/mol. The number of thioether (sulfide) groups is 1. The Morgan fingerprint density at radius 3 is 2.41 bits per heavy atom. The summed E-state index contributed by atoms with van der Waals surface area (Å²) >= 11 is 2.11. The van der Waals surface area contributed by atoms with Crippen LogP contribution in [0.2, 0.25) is 0 Å². The summed E-state index contributed by atoms with van der Waals surface area (Å²) in [5.41, 5.74) is 1.23. The Morgan fingerprint density at radius 2 is 1.78 bits per heavy atom. The highest BCUT2D eigenvalue weighted by Crippen LogP contribution is 2.35. The molecule has 0 aliphatic rings. The molecule has 0 spiro atoms. The molecule has 3 aromatic rings. The lowest BCUT2D eigenvalue weighted by atomic mass is 10.1. The van der Waals surface area contributed by atoms with E-state index in [2.05, 4.69) is 22.1 Å². The number of carbonyl (C=O) groups excluding carboxylic acids is 3. The summed E-state index contributed by atoms with van der Waals surface area (Å²) in [6, 6.07) is 5.39. The van der Waals surface area contributed by atoms with Crippen LogP contribution in [-0.2, 0) is 20.8 Å². The largest absolute Gasteiger partial charge is 0.493 e. The molecule has 1 amide bonds. The van der Waals surface area contributed by atoms with Crippen LogP contribution < -0.4 is 14.8 Å². The quantitative estimate of drug-likeness (QED) is 0.215. The molecule has 0 aliphatic carbocycles. The Labute approximate surface area is 221 Å². The average Bonchev–Trinajstić information content (AvgIpc) is 3.46. The number of ether oxygens (including phenoxy) is 4. The van der Waals surface area contributed by atoms with E-state index in [0.717, 1.165) is 28.7 Å². The maximum absolute atomic E-state index is 12.8. The van der Waals surface area contributed by atoms with Crippen LogP contribution in [0.4, 0.5) is 5.00 Å². The van der Waals surface area contributed by atoms with Crippen molar-refractivity contribution in [1.29, 1.82) is 0 Å². The van der Waals surface area contributed by atoms with Crippen molar-refractivity contribution >= 4 is 45.9 Å². The molecule has 11 nitrogen and oxygen atoms in total. The normalized spacial score (nSPS) is 10.5. The van der Waals surface area contributed by atoms with E-state index in [1.54, 1.807) is 39.4 Å². The second-order valence-electron chi connectivity index (χ2n) is 7.36. The summed E-state index contributed by atoms with van der Waals surface area (Å²) in [5, 5.41) is 11.9. The number of hydrogen-bond acceptors (Lipinski definition) is 11. The van der Waals surface area contributed by atoms with Crippen molar-refractivity contribution in [1.82, 2.24) is 14.8 Å². The second kappa shape index (κ2) is 12.4. The number of allylic oxidation sites excluding steroid dienone is 1. The van der Waals surface area contributed by atoms with Crippen molar-refractivity contribution in [3.05, 3.63) is 46.9 Å². The first-order chi connectivity index (χ1) is 17.8. The fraction of sp³-hybridized carbons (Fsp3) is 0.292. The van der Waals surface area contributed by atoms with E-state index in [1.165, 1.54) is 14.2 Å². The lowest BCUT2D eigenvalue weighted by molar-refractivity contribution is -0.113. The van der Waals surface area contributed by atoms with Crippen LogP contribution in [-0.4, -0.2) is 66.8 Å². The van der Waals surface area contributed by atoms with Gasteiger partial charge in [0.15, 0.2) is 22.5 Å². The van der Waals surface area contributed by atoms with Gasteiger partial charge in [-0.3, -0.25) is 9.36 Å². The summed E-state index contributed by atoms with van der Waals surface area (Å²) < 4.78 is 22.1. The van der Waals surface area contributed by atoms with E-state index in [9.17, 15) is 14.4 Å². The second-order valence-corrected chi connectivity index (χ2v) is 9.32. The Bertz CT molecular complexity index is 1330. The van der Waals surface area contributed by atoms with Gasteiger partial charge in [-0.05, 0) is 30.7 Å². The fourth-order valence-electron chi connectivity index (χ4n) is 3.41. The lowest BCUT2D eigenvalue weighted by Gasteiger charge is -2.11. The zero-order chi connectivity index (χ0) is 27.1. The highest BCUT2D eigenvalue weighted by atomic mass is 32.2. The van der Waals surface area contributed by atoms with Gasteiger partial charge in [-0.1, -0.05) is 17.8 Å². The van der Waals surface area contributed by atoms with E-state index in [-0.39, 0.29) is 21.2 Å². The van der Waals surface area contributed by atoms with Crippen molar-refractivity contribution in [3.63, 3.8) is 0 Å². The number of esters is 2. The fourth-order valence-corrected chi connectivity index (χ4v) is 5.28. The molecule has 2 heterocycles. The van der Waals surface area contributed by atoms with Crippen molar-refractivity contribution < 1.29 is 33.3 Å². The number of nitrogens with one attached hydrogen (secondary N) is 1. The number of hydrogen-bond donors (Lipinski definition) is 1. The Morgan fingerprint density at radius 1 is 1.08 bits per heavy atom. The summed E-state index contributed by atoms with van der Waals surface area (Å²) in [6.45, 7) is 5.79. The van der Waals surface area contributed by atoms with Gasteiger partial charge < -0.3 is 24.3 Å². The number of rotatable bonds is 11. The van der Waals surface area contributed by atoms with Gasteiger partial charge in [-0.25, -0.2) is 9.59 Å². The number of carbonyl (C=O) groups is 3. The SMILES string of the molecule is C=CCn1c(SCC(=O)Nc2sc(C(=O)OC)c(C)c2C(=O)OC)nnc1-c1ccc(OC)c(OC)c1. The minimum Gasteiger partial charge on any atom is -0.493 e. The van der Waals surface area contributed by atoms with Crippen LogP contribution in [0.5, 0.6) is 11.5 Å². The first kappa shape index (κ1) is 27.7. The van der Waals surface area contributed by atoms with Crippen LogP contribution >= 0.6 is 23.1 Å². The summed E-state index contributed by atoms with van der Waals surface area (Å²) in [6.07, 6.45) is 1.70. The van der Waals surface area contributed by atoms with Gasteiger partial charge in [0, 0.05) is 12.1 Å². The lowest BCUT2D eigenvalue weighted by Crippen LogP contribution is -2.16. The van der Waals surface area contributed by atoms with E-state index < -0.39 is 17.8 Å². The Balaban J connectivity index is 1.82.